The molecule has 1 fully saturated rings. The minimum Gasteiger partial charge on any atom is -0.465 e. The van der Waals surface area contributed by atoms with E-state index in [-0.39, 0.29) is 17.7 Å². The van der Waals surface area contributed by atoms with Crippen LogP contribution in [0.3, 0.4) is 0 Å². The van der Waals surface area contributed by atoms with E-state index in [0.717, 1.165) is 35.6 Å². The summed E-state index contributed by atoms with van der Waals surface area (Å²) in [5, 5.41) is 2.92. The third-order valence-electron chi connectivity index (χ3n) is 4.68. The van der Waals surface area contributed by atoms with E-state index < -0.39 is 0 Å². The number of H-pyrrole nitrogens is 1. The molecule has 0 radical (unpaired) electrons. The Morgan fingerprint density at radius 1 is 1.32 bits per heavy atom. The largest absolute Gasteiger partial charge is 0.465 e. The number of rotatable bonds is 4. The summed E-state index contributed by atoms with van der Waals surface area (Å²) in [5.41, 5.74) is 2.55. The molecular formula is C19H25N3O3. The quantitative estimate of drug-likeness (QED) is 0.896. The molecule has 1 aliphatic rings. The van der Waals surface area contributed by atoms with Gasteiger partial charge in [0.25, 0.3) is 5.91 Å². The fraction of sp³-hybridized carbons (Fsp3) is 0.474. The topological polar surface area (TPSA) is 78.3 Å². The maximum Gasteiger partial charge on any atom is 0.270 e. The monoisotopic (exact) mass is 343 g/mol. The summed E-state index contributed by atoms with van der Waals surface area (Å²) in [5.74, 6) is 1.35. The second kappa shape index (κ2) is 7.17. The fourth-order valence-electron chi connectivity index (χ4n) is 3.38. The minimum atomic E-state index is -0.176. The van der Waals surface area contributed by atoms with Gasteiger partial charge in [-0.3, -0.25) is 9.59 Å². The molecule has 0 bridgehead atoms. The van der Waals surface area contributed by atoms with Crippen molar-refractivity contribution in [2.45, 2.75) is 40.2 Å². The number of carbonyl (C=O) groups is 2. The van der Waals surface area contributed by atoms with Crippen LogP contribution in [0.25, 0.3) is 0 Å². The first-order chi connectivity index (χ1) is 11.9. The lowest BCUT2D eigenvalue weighted by atomic mass is 9.96. The number of aromatic nitrogens is 1. The Morgan fingerprint density at radius 2 is 2.12 bits per heavy atom. The molecule has 134 valence electrons. The van der Waals surface area contributed by atoms with Crippen molar-refractivity contribution in [2.75, 3.05) is 13.1 Å². The van der Waals surface area contributed by atoms with Crippen molar-refractivity contribution >= 4 is 11.8 Å². The molecule has 6 heteroatoms. The highest BCUT2D eigenvalue weighted by atomic mass is 16.3. The standard InChI is InChI=1S/C19H25N3O3/c1-12-9-13(2)21-17(12)19(24)22-8-4-5-15(11-22)18(23)20-10-16-7-6-14(3)25-16/h6-7,9,15,21H,4-5,8,10-11H2,1-3H3,(H,20,23)/t15-/m1/s1. The fourth-order valence-corrected chi connectivity index (χ4v) is 3.38. The number of piperidine rings is 1. The number of furan rings is 1. The number of aryl methyl sites for hydroxylation is 3. The predicted octanol–water partition coefficient (Wildman–Crippen LogP) is 2.70. The second-order valence-corrected chi connectivity index (χ2v) is 6.83. The lowest BCUT2D eigenvalue weighted by molar-refractivity contribution is -0.126. The molecule has 0 saturated carbocycles. The summed E-state index contributed by atoms with van der Waals surface area (Å²) in [6.45, 7) is 7.27. The average molecular weight is 343 g/mol. The Kier molecular flexibility index (Phi) is 4.97. The number of hydrogen-bond donors (Lipinski definition) is 2. The van der Waals surface area contributed by atoms with Gasteiger partial charge in [0.1, 0.15) is 17.2 Å². The van der Waals surface area contributed by atoms with E-state index in [9.17, 15) is 9.59 Å². The first-order valence-electron chi connectivity index (χ1n) is 8.72. The van der Waals surface area contributed by atoms with Gasteiger partial charge >= 0.3 is 0 Å². The Morgan fingerprint density at radius 3 is 2.76 bits per heavy atom. The molecule has 0 aliphatic carbocycles. The van der Waals surface area contributed by atoms with E-state index >= 15 is 0 Å². The van der Waals surface area contributed by atoms with Gasteiger partial charge < -0.3 is 19.6 Å². The molecule has 0 unspecified atom stereocenters. The number of likely N-dealkylation sites (tertiary alicyclic amines) is 1. The lowest BCUT2D eigenvalue weighted by Crippen LogP contribution is -2.45. The van der Waals surface area contributed by atoms with Crippen LogP contribution in [0.15, 0.2) is 22.6 Å². The smallest absolute Gasteiger partial charge is 0.270 e. The van der Waals surface area contributed by atoms with Crippen LogP contribution in [0.4, 0.5) is 0 Å². The van der Waals surface area contributed by atoms with Gasteiger partial charge in [-0.25, -0.2) is 0 Å². The highest BCUT2D eigenvalue weighted by Gasteiger charge is 2.30. The minimum absolute atomic E-state index is 0.0223. The van der Waals surface area contributed by atoms with Crippen molar-refractivity contribution in [2.24, 2.45) is 5.92 Å². The van der Waals surface area contributed by atoms with E-state index in [2.05, 4.69) is 10.3 Å². The van der Waals surface area contributed by atoms with E-state index in [1.165, 1.54) is 0 Å². The first-order valence-corrected chi connectivity index (χ1v) is 8.72. The number of hydrogen-bond acceptors (Lipinski definition) is 3. The normalized spacial score (nSPS) is 17.6. The maximum atomic E-state index is 12.7. The molecular weight excluding hydrogens is 318 g/mol. The van der Waals surface area contributed by atoms with Crippen LogP contribution in [0.1, 0.15) is 46.1 Å². The Balaban J connectivity index is 1.59. The van der Waals surface area contributed by atoms with Crippen LogP contribution in [0.5, 0.6) is 0 Å². The number of carbonyl (C=O) groups excluding carboxylic acids is 2. The zero-order chi connectivity index (χ0) is 18.0. The highest BCUT2D eigenvalue weighted by Crippen LogP contribution is 2.20. The molecule has 3 rings (SSSR count). The zero-order valence-corrected chi connectivity index (χ0v) is 15.0. The Bertz CT molecular complexity index is 775. The third kappa shape index (κ3) is 3.95. The van der Waals surface area contributed by atoms with Crippen LogP contribution < -0.4 is 5.32 Å². The van der Waals surface area contributed by atoms with Crippen molar-refractivity contribution in [3.8, 4) is 0 Å². The molecule has 2 aromatic heterocycles. The van der Waals surface area contributed by atoms with Crippen LogP contribution in [0.2, 0.25) is 0 Å². The van der Waals surface area contributed by atoms with Crippen LogP contribution >= 0.6 is 0 Å². The van der Waals surface area contributed by atoms with Crippen LogP contribution in [0, 0.1) is 26.7 Å². The van der Waals surface area contributed by atoms with E-state index in [1.54, 1.807) is 4.90 Å². The molecule has 1 atom stereocenters. The SMILES string of the molecule is Cc1cc(C)c(C(=O)N2CCC[C@@H](C(=O)NCc3ccc(C)o3)C2)[nH]1. The molecule has 1 saturated heterocycles. The number of nitrogens with one attached hydrogen (secondary N) is 2. The molecule has 0 spiro atoms. The van der Waals surface area contributed by atoms with Crippen molar-refractivity contribution in [3.05, 3.63) is 46.7 Å². The molecule has 6 nitrogen and oxygen atoms in total. The molecule has 3 heterocycles. The average Bonchev–Trinajstić information content (AvgIpc) is 3.16. The van der Waals surface area contributed by atoms with Crippen LogP contribution in [-0.4, -0.2) is 34.8 Å². The summed E-state index contributed by atoms with van der Waals surface area (Å²) < 4.78 is 5.47. The molecule has 0 aromatic carbocycles. The third-order valence-corrected chi connectivity index (χ3v) is 4.68. The van der Waals surface area contributed by atoms with Crippen molar-refractivity contribution in [1.29, 1.82) is 0 Å². The Labute approximate surface area is 147 Å². The summed E-state index contributed by atoms with van der Waals surface area (Å²) in [4.78, 5) is 30.1. The van der Waals surface area contributed by atoms with E-state index in [1.807, 2.05) is 39.0 Å². The molecule has 2 amide bonds. The predicted molar refractivity (Wildman–Crippen MR) is 94.2 cm³/mol. The van der Waals surface area contributed by atoms with Gasteiger partial charge in [-0.15, -0.1) is 0 Å². The van der Waals surface area contributed by atoms with Gasteiger partial charge in [0, 0.05) is 18.8 Å². The van der Waals surface area contributed by atoms with Crippen LogP contribution in [-0.2, 0) is 11.3 Å². The summed E-state index contributed by atoms with van der Waals surface area (Å²) in [6.07, 6.45) is 1.64. The number of amides is 2. The molecule has 2 N–H and O–H groups in total. The van der Waals surface area contributed by atoms with Gasteiger partial charge in [0.15, 0.2) is 0 Å². The van der Waals surface area contributed by atoms with Gasteiger partial charge in [0.2, 0.25) is 5.91 Å². The zero-order valence-electron chi connectivity index (χ0n) is 15.0. The van der Waals surface area contributed by atoms with Gasteiger partial charge in [0.05, 0.1) is 12.5 Å². The summed E-state index contributed by atoms with van der Waals surface area (Å²) in [6, 6.07) is 5.71. The van der Waals surface area contributed by atoms with Crippen molar-refractivity contribution < 1.29 is 14.0 Å². The lowest BCUT2D eigenvalue weighted by Gasteiger charge is -2.32. The van der Waals surface area contributed by atoms with Crippen molar-refractivity contribution in [1.82, 2.24) is 15.2 Å². The molecule has 25 heavy (non-hydrogen) atoms. The van der Waals surface area contributed by atoms with E-state index in [0.29, 0.717) is 25.3 Å². The van der Waals surface area contributed by atoms with Gasteiger partial charge in [-0.05, 0) is 57.4 Å². The van der Waals surface area contributed by atoms with Crippen molar-refractivity contribution in [3.63, 3.8) is 0 Å². The second-order valence-electron chi connectivity index (χ2n) is 6.83. The molecule has 1 aliphatic heterocycles. The maximum absolute atomic E-state index is 12.7. The Hall–Kier alpha value is -2.50. The summed E-state index contributed by atoms with van der Waals surface area (Å²) in [7, 11) is 0. The number of nitrogens with zero attached hydrogens (tertiary/aromatic N) is 1. The van der Waals surface area contributed by atoms with E-state index in [4.69, 9.17) is 4.42 Å². The summed E-state index contributed by atoms with van der Waals surface area (Å²) >= 11 is 0. The highest BCUT2D eigenvalue weighted by molar-refractivity contribution is 5.94. The number of aromatic amines is 1. The first kappa shape index (κ1) is 17.3. The van der Waals surface area contributed by atoms with Gasteiger partial charge in [-0.2, -0.15) is 0 Å². The van der Waals surface area contributed by atoms with Gasteiger partial charge in [-0.1, -0.05) is 0 Å². The molecule has 2 aromatic rings.